The van der Waals surface area contributed by atoms with Crippen LogP contribution >= 0.6 is 23.8 Å². The summed E-state index contributed by atoms with van der Waals surface area (Å²) in [6.45, 7) is 3.00. The molecular formula is C12H14ClN3S. The van der Waals surface area contributed by atoms with Gasteiger partial charge in [0.05, 0.1) is 0 Å². The second-order valence-corrected chi connectivity index (χ2v) is 4.66. The Labute approximate surface area is 110 Å². The lowest BCUT2D eigenvalue weighted by atomic mass is 10.1. The van der Waals surface area contributed by atoms with Crippen LogP contribution in [0.25, 0.3) is 0 Å². The Morgan fingerprint density at radius 2 is 2.18 bits per heavy atom. The number of halogens is 1. The van der Waals surface area contributed by atoms with Crippen molar-refractivity contribution >= 4 is 23.8 Å². The molecule has 0 unspecified atom stereocenters. The Morgan fingerprint density at radius 1 is 1.41 bits per heavy atom. The molecule has 5 heteroatoms. The first-order valence-electron chi connectivity index (χ1n) is 5.60. The van der Waals surface area contributed by atoms with E-state index in [4.69, 9.17) is 23.8 Å². The summed E-state index contributed by atoms with van der Waals surface area (Å²) in [6, 6.07) is 7.81. The second kappa shape index (κ2) is 5.47. The van der Waals surface area contributed by atoms with Crippen LogP contribution in [0.3, 0.4) is 0 Å². The van der Waals surface area contributed by atoms with Crippen LogP contribution in [0, 0.1) is 4.77 Å². The van der Waals surface area contributed by atoms with Crippen LogP contribution in [0.5, 0.6) is 0 Å². The summed E-state index contributed by atoms with van der Waals surface area (Å²) in [5, 5.41) is 7.86. The molecule has 1 N–H and O–H groups in total. The van der Waals surface area contributed by atoms with Gasteiger partial charge in [-0.2, -0.15) is 5.10 Å². The molecule has 0 amide bonds. The number of nitrogens with zero attached hydrogens (tertiary/aromatic N) is 2. The number of H-pyrrole nitrogens is 1. The van der Waals surface area contributed by atoms with Gasteiger partial charge in [-0.25, -0.2) is 0 Å². The van der Waals surface area contributed by atoms with Gasteiger partial charge in [-0.15, -0.1) is 0 Å². The van der Waals surface area contributed by atoms with Gasteiger partial charge in [-0.1, -0.05) is 36.7 Å². The quantitative estimate of drug-likeness (QED) is 0.859. The third-order valence-corrected chi connectivity index (χ3v) is 3.27. The summed E-state index contributed by atoms with van der Waals surface area (Å²) in [5.41, 5.74) is 1.07. The molecule has 0 spiro atoms. The maximum absolute atomic E-state index is 6.14. The SMILES string of the molecule is CCCn1c(Cc2ccccc2Cl)n[nH]c1=S. The zero-order valence-corrected chi connectivity index (χ0v) is 11.2. The standard InChI is InChI=1S/C12H14ClN3S/c1-2-7-16-11(14-15-12(16)17)8-9-5-3-4-6-10(9)13/h3-6H,2,7-8H2,1H3,(H,15,17). The minimum Gasteiger partial charge on any atom is -0.304 e. The number of hydrogen-bond donors (Lipinski definition) is 1. The van der Waals surface area contributed by atoms with Crippen molar-refractivity contribution in [2.24, 2.45) is 0 Å². The minimum absolute atomic E-state index is 0.675. The van der Waals surface area contributed by atoms with Gasteiger partial charge in [0.15, 0.2) is 4.77 Å². The molecule has 0 fully saturated rings. The smallest absolute Gasteiger partial charge is 0.195 e. The number of aromatic nitrogens is 3. The van der Waals surface area contributed by atoms with E-state index in [0.29, 0.717) is 11.2 Å². The van der Waals surface area contributed by atoms with Gasteiger partial charge in [0.2, 0.25) is 0 Å². The van der Waals surface area contributed by atoms with Crippen LogP contribution in [0.4, 0.5) is 0 Å². The molecule has 0 aliphatic carbocycles. The van der Waals surface area contributed by atoms with Crippen LogP contribution in [-0.2, 0) is 13.0 Å². The molecule has 1 heterocycles. The zero-order chi connectivity index (χ0) is 12.3. The monoisotopic (exact) mass is 267 g/mol. The van der Waals surface area contributed by atoms with Gasteiger partial charge in [-0.3, -0.25) is 5.10 Å². The molecule has 90 valence electrons. The van der Waals surface area contributed by atoms with E-state index in [1.54, 1.807) is 0 Å². The number of rotatable bonds is 4. The topological polar surface area (TPSA) is 33.6 Å². The fourth-order valence-corrected chi connectivity index (χ4v) is 2.20. The summed E-state index contributed by atoms with van der Waals surface area (Å²) >= 11 is 11.3. The average molecular weight is 268 g/mol. The maximum Gasteiger partial charge on any atom is 0.195 e. The minimum atomic E-state index is 0.675. The van der Waals surface area contributed by atoms with Crippen molar-refractivity contribution in [2.75, 3.05) is 0 Å². The summed E-state index contributed by atoms with van der Waals surface area (Å²) < 4.78 is 2.70. The summed E-state index contributed by atoms with van der Waals surface area (Å²) in [7, 11) is 0. The lowest BCUT2D eigenvalue weighted by Gasteiger charge is -2.06. The summed E-state index contributed by atoms with van der Waals surface area (Å²) in [6.07, 6.45) is 1.73. The molecule has 0 atom stereocenters. The Morgan fingerprint density at radius 3 is 2.88 bits per heavy atom. The first-order valence-corrected chi connectivity index (χ1v) is 6.38. The Kier molecular flexibility index (Phi) is 3.97. The molecule has 0 saturated heterocycles. The average Bonchev–Trinajstić information content (AvgIpc) is 2.65. The van der Waals surface area contributed by atoms with Crippen molar-refractivity contribution in [2.45, 2.75) is 26.3 Å². The Bertz CT molecular complexity index is 559. The van der Waals surface area contributed by atoms with E-state index in [0.717, 1.165) is 29.4 Å². The molecular weight excluding hydrogens is 254 g/mol. The van der Waals surface area contributed by atoms with E-state index in [1.807, 2.05) is 28.8 Å². The largest absolute Gasteiger partial charge is 0.304 e. The van der Waals surface area contributed by atoms with E-state index in [1.165, 1.54) is 0 Å². The van der Waals surface area contributed by atoms with Crippen molar-refractivity contribution in [1.82, 2.24) is 14.8 Å². The molecule has 17 heavy (non-hydrogen) atoms. The third kappa shape index (κ3) is 2.76. The lowest BCUT2D eigenvalue weighted by molar-refractivity contribution is 0.639. The van der Waals surface area contributed by atoms with Crippen molar-refractivity contribution in [3.05, 3.63) is 45.4 Å². The van der Waals surface area contributed by atoms with Crippen molar-refractivity contribution < 1.29 is 0 Å². The highest BCUT2D eigenvalue weighted by molar-refractivity contribution is 7.71. The van der Waals surface area contributed by atoms with E-state index in [9.17, 15) is 0 Å². The molecule has 2 rings (SSSR count). The van der Waals surface area contributed by atoms with Crippen LogP contribution in [0.15, 0.2) is 24.3 Å². The van der Waals surface area contributed by atoms with Gasteiger partial charge < -0.3 is 4.57 Å². The van der Waals surface area contributed by atoms with Gasteiger partial charge >= 0.3 is 0 Å². The van der Waals surface area contributed by atoms with Crippen molar-refractivity contribution in [3.8, 4) is 0 Å². The highest BCUT2D eigenvalue weighted by atomic mass is 35.5. The number of aromatic amines is 1. The second-order valence-electron chi connectivity index (χ2n) is 3.86. The van der Waals surface area contributed by atoms with Gasteiger partial charge in [-0.05, 0) is 30.3 Å². The van der Waals surface area contributed by atoms with Crippen molar-refractivity contribution in [1.29, 1.82) is 0 Å². The molecule has 0 radical (unpaired) electrons. The molecule has 0 saturated carbocycles. The van der Waals surface area contributed by atoms with Crippen LogP contribution < -0.4 is 0 Å². The van der Waals surface area contributed by atoms with E-state index >= 15 is 0 Å². The maximum atomic E-state index is 6.14. The molecule has 0 aliphatic rings. The molecule has 2 aromatic rings. The molecule has 1 aromatic carbocycles. The number of benzene rings is 1. The highest BCUT2D eigenvalue weighted by Gasteiger charge is 2.08. The Hall–Kier alpha value is -1.13. The van der Waals surface area contributed by atoms with E-state index in [2.05, 4.69) is 17.1 Å². The highest BCUT2D eigenvalue weighted by Crippen LogP contribution is 2.18. The predicted octanol–water partition coefficient (Wildman–Crippen LogP) is 3.59. The number of nitrogens with one attached hydrogen (secondary N) is 1. The van der Waals surface area contributed by atoms with Gasteiger partial charge in [0, 0.05) is 18.0 Å². The summed E-state index contributed by atoms with van der Waals surface area (Å²) in [5.74, 6) is 0.935. The third-order valence-electron chi connectivity index (χ3n) is 2.59. The normalized spacial score (nSPS) is 10.7. The molecule has 1 aromatic heterocycles. The van der Waals surface area contributed by atoms with Crippen molar-refractivity contribution in [3.63, 3.8) is 0 Å². The first-order chi connectivity index (χ1) is 8.22. The van der Waals surface area contributed by atoms with Crippen LogP contribution in [0.1, 0.15) is 24.7 Å². The fourth-order valence-electron chi connectivity index (χ4n) is 1.75. The van der Waals surface area contributed by atoms with E-state index in [-0.39, 0.29) is 0 Å². The fraction of sp³-hybridized carbons (Fsp3) is 0.333. The predicted molar refractivity (Wildman–Crippen MR) is 72.0 cm³/mol. The Balaban J connectivity index is 2.30. The molecule has 0 aliphatic heterocycles. The zero-order valence-electron chi connectivity index (χ0n) is 9.61. The van der Waals surface area contributed by atoms with Crippen LogP contribution in [0.2, 0.25) is 5.02 Å². The number of hydrogen-bond acceptors (Lipinski definition) is 2. The van der Waals surface area contributed by atoms with Crippen LogP contribution in [-0.4, -0.2) is 14.8 Å². The molecule has 0 bridgehead atoms. The van der Waals surface area contributed by atoms with E-state index < -0.39 is 0 Å². The summed E-state index contributed by atoms with van der Waals surface area (Å²) in [4.78, 5) is 0. The molecule has 3 nitrogen and oxygen atoms in total. The first kappa shape index (κ1) is 12.3. The lowest BCUT2D eigenvalue weighted by Crippen LogP contribution is -2.04. The van der Waals surface area contributed by atoms with Gasteiger partial charge in [0.25, 0.3) is 0 Å². The van der Waals surface area contributed by atoms with Gasteiger partial charge in [0.1, 0.15) is 5.82 Å².